The monoisotopic (exact) mass is 294 g/mol. The molecule has 21 heavy (non-hydrogen) atoms. The maximum Gasteiger partial charge on any atom is 0.138 e. The third-order valence-corrected chi connectivity index (χ3v) is 3.45. The SMILES string of the molecule is CCCNc1cc(NC(C)(C)C(C)O)nc(C(C)(C)C)n1. The van der Waals surface area contributed by atoms with Gasteiger partial charge in [0.15, 0.2) is 0 Å². The molecule has 0 aliphatic heterocycles. The Morgan fingerprint density at radius 2 is 1.71 bits per heavy atom. The highest BCUT2D eigenvalue weighted by Crippen LogP contribution is 2.24. The molecule has 1 rings (SSSR count). The van der Waals surface area contributed by atoms with Crippen molar-refractivity contribution in [3.05, 3.63) is 11.9 Å². The first-order valence-corrected chi connectivity index (χ1v) is 7.66. The maximum absolute atomic E-state index is 9.86. The lowest BCUT2D eigenvalue weighted by molar-refractivity contribution is 0.133. The van der Waals surface area contributed by atoms with Gasteiger partial charge in [0.1, 0.15) is 17.5 Å². The van der Waals surface area contributed by atoms with Gasteiger partial charge < -0.3 is 15.7 Å². The second-order valence-corrected chi connectivity index (χ2v) is 7.16. The van der Waals surface area contributed by atoms with Crippen molar-refractivity contribution in [2.24, 2.45) is 0 Å². The minimum absolute atomic E-state index is 0.130. The Labute approximate surface area is 128 Å². The normalized spacial score (nSPS) is 13.9. The van der Waals surface area contributed by atoms with E-state index in [4.69, 9.17) is 0 Å². The highest BCUT2D eigenvalue weighted by atomic mass is 16.3. The zero-order valence-corrected chi connectivity index (χ0v) is 14.4. The zero-order valence-electron chi connectivity index (χ0n) is 14.4. The molecule has 5 nitrogen and oxygen atoms in total. The minimum atomic E-state index is -0.488. The van der Waals surface area contributed by atoms with Gasteiger partial charge in [0.2, 0.25) is 0 Å². The van der Waals surface area contributed by atoms with Crippen LogP contribution in [0.15, 0.2) is 6.07 Å². The van der Waals surface area contributed by atoms with Gasteiger partial charge >= 0.3 is 0 Å². The summed E-state index contributed by atoms with van der Waals surface area (Å²) in [6.45, 7) is 15.0. The molecule has 120 valence electrons. The van der Waals surface area contributed by atoms with Crippen LogP contribution in [0.5, 0.6) is 0 Å². The molecule has 0 saturated heterocycles. The van der Waals surface area contributed by atoms with Gasteiger partial charge in [-0.3, -0.25) is 0 Å². The molecule has 0 spiro atoms. The standard InChI is InChI=1S/C16H30N4O/c1-8-9-17-12-10-13(20-16(6,7)11(2)21)19-14(18-12)15(3,4)5/h10-11,21H,8-9H2,1-7H3,(H2,17,18,19,20). The Morgan fingerprint density at radius 1 is 1.14 bits per heavy atom. The summed E-state index contributed by atoms with van der Waals surface area (Å²) in [5.41, 5.74) is -0.582. The molecule has 1 aromatic rings. The van der Waals surface area contributed by atoms with Crippen molar-refractivity contribution in [1.82, 2.24) is 9.97 Å². The van der Waals surface area contributed by atoms with Gasteiger partial charge in [-0.1, -0.05) is 27.7 Å². The van der Waals surface area contributed by atoms with Gasteiger partial charge in [-0.2, -0.15) is 0 Å². The Bertz CT molecular complexity index is 464. The van der Waals surface area contributed by atoms with Gasteiger partial charge in [-0.25, -0.2) is 9.97 Å². The molecule has 0 saturated carbocycles. The molecular formula is C16H30N4O. The van der Waals surface area contributed by atoms with Crippen LogP contribution in [0.1, 0.15) is 60.7 Å². The fraction of sp³-hybridized carbons (Fsp3) is 0.750. The molecule has 0 bridgehead atoms. The molecule has 5 heteroatoms. The van der Waals surface area contributed by atoms with Crippen LogP contribution in [0, 0.1) is 0 Å². The Morgan fingerprint density at radius 3 is 2.19 bits per heavy atom. The predicted octanol–water partition coefficient (Wildman–Crippen LogP) is 3.17. The number of hydrogen-bond acceptors (Lipinski definition) is 5. The van der Waals surface area contributed by atoms with Crippen LogP contribution in [-0.4, -0.2) is 33.3 Å². The van der Waals surface area contributed by atoms with Gasteiger partial charge in [0, 0.05) is 18.0 Å². The van der Waals surface area contributed by atoms with E-state index in [-0.39, 0.29) is 5.41 Å². The molecule has 0 aliphatic rings. The quantitative estimate of drug-likeness (QED) is 0.752. The van der Waals surface area contributed by atoms with Gasteiger partial charge in [0.05, 0.1) is 11.6 Å². The second-order valence-electron chi connectivity index (χ2n) is 7.16. The van der Waals surface area contributed by atoms with Crippen molar-refractivity contribution in [3.63, 3.8) is 0 Å². The first-order valence-electron chi connectivity index (χ1n) is 7.66. The first kappa shape index (κ1) is 17.7. The number of aromatic nitrogens is 2. The number of aliphatic hydroxyl groups is 1. The third-order valence-electron chi connectivity index (χ3n) is 3.45. The van der Waals surface area contributed by atoms with Gasteiger partial charge in [0.25, 0.3) is 0 Å². The molecule has 0 aromatic carbocycles. The van der Waals surface area contributed by atoms with Crippen LogP contribution in [-0.2, 0) is 5.41 Å². The molecule has 0 radical (unpaired) electrons. The molecule has 0 fully saturated rings. The van der Waals surface area contributed by atoms with Crippen molar-refractivity contribution >= 4 is 11.6 Å². The summed E-state index contributed by atoms with van der Waals surface area (Å²) in [6, 6.07) is 1.90. The topological polar surface area (TPSA) is 70.1 Å². The highest BCUT2D eigenvalue weighted by Gasteiger charge is 2.26. The highest BCUT2D eigenvalue weighted by molar-refractivity contribution is 5.49. The fourth-order valence-electron chi connectivity index (χ4n) is 1.62. The lowest BCUT2D eigenvalue weighted by atomic mass is 9.95. The summed E-state index contributed by atoms with van der Waals surface area (Å²) in [5, 5.41) is 16.5. The molecule has 1 aromatic heterocycles. The lowest BCUT2D eigenvalue weighted by Gasteiger charge is -2.30. The number of anilines is 2. The summed E-state index contributed by atoms with van der Waals surface area (Å²) in [6.07, 6.45) is 0.550. The summed E-state index contributed by atoms with van der Waals surface area (Å²) in [7, 11) is 0. The summed E-state index contributed by atoms with van der Waals surface area (Å²) >= 11 is 0. The molecular weight excluding hydrogens is 264 g/mol. The molecule has 0 amide bonds. The average molecular weight is 294 g/mol. The van der Waals surface area contributed by atoms with E-state index in [0.717, 1.165) is 30.4 Å². The van der Waals surface area contributed by atoms with E-state index in [0.29, 0.717) is 0 Å². The first-order chi connectivity index (χ1) is 9.56. The van der Waals surface area contributed by atoms with Crippen LogP contribution in [0.2, 0.25) is 0 Å². The smallest absolute Gasteiger partial charge is 0.138 e. The average Bonchev–Trinajstić information content (AvgIpc) is 2.34. The molecule has 3 N–H and O–H groups in total. The van der Waals surface area contributed by atoms with E-state index in [1.54, 1.807) is 6.92 Å². The Hall–Kier alpha value is -1.36. The fourth-order valence-corrected chi connectivity index (χ4v) is 1.62. The summed E-state index contributed by atoms with van der Waals surface area (Å²) < 4.78 is 0. The van der Waals surface area contributed by atoms with Crippen molar-refractivity contribution < 1.29 is 5.11 Å². The Balaban J connectivity index is 3.13. The van der Waals surface area contributed by atoms with Crippen molar-refractivity contribution in [1.29, 1.82) is 0 Å². The minimum Gasteiger partial charge on any atom is -0.391 e. The van der Waals surface area contributed by atoms with Gasteiger partial charge in [-0.15, -0.1) is 0 Å². The van der Waals surface area contributed by atoms with E-state index in [2.05, 4.69) is 48.3 Å². The molecule has 0 aliphatic carbocycles. The number of nitrogens with zero attached hydrogens (tertiary/aromatic N) is 2. The van der Waals surface area contributed by atoms with Crippen LogP contribution in [0.25, 0.3) is 0 Å². The predicted molar refractivity (Wildman–Crippen MR) is 88.9 cm³/mol. The lowest BCUT2D eigenvalue weighted by Crippen LogP contribution is -2.42. The summed E-state index contributed by atoms with van der Waals surface area (Å²) in [4.78, 5) is 9.20. The van der Waals surface area contributed by atoms with Crippen LogP contribution in [0.3, 0.4) is 0 Å². The van der Waals surface area contributed by atoms with Crippen LogP contribution < -0.4 is 10.6 Å². The Kier molecular flexibility index (Phi) is 5.56. The molecule has 1 atom stereocenters. The third kappa shape index (κ3) is 5.16. The number of hydrogen-bond donors (Lipinski definition) is 3. The summed E-state index contributed by atoms with van der Waals surface area (Å²) in [5.74, 6) is 2.34. The van der Waals surface area contributed by atoms with Crippen LogP contribution in [0.4, 0.5) is 11.6 Å². The maximum atomic E-state index is 9.86. The molecule has 1 unspecified atom stereocenters. The van der Waals surface area contributed by atoms with Gasteiger partial charge in [-0.05, 0) is 27.2 Å². The number of aliphatic hydroxyl groups excluding tert-OH is 1. The van der Waals surface area contributed by atoms with Crippen molar-refractivity contribution in [2.75, 3.05) is 17.2 Å². The van der Waals surface area contributed by atoms with E-state index in [9.17, 15) is 5.11 Å². The van der Waals surface area contributed by atoms with E-state index >= 15 is 0 Å². The second kappa shape index (κ2) is 6.60. The van der Waals surface area contributed by atoms with Crippen molar-refractivity contribution in [3.8, 4) is 0 Å². The number of rotatable bonds is 6. The zero-order chi connectivity index (χ0) is 16.3. The number of nitrogens with one attached hydrogen (secondary N) is 2. The van der Waals surface area contributed by atoms with E-state index in [1.807, 2.05) is 19.9 Å². The largest absolute Gasteiger partial charge is 0.391 e. The van der Waals surface area contributed by atoms with Crippen LogP contribution >= 0.6 is 0 Å². The molecule has 1 heterocycles. The van der Waals surface area contributed by atoms with E-state index < -0.39 is 11.6 Å². The van der Waals surface area contributed by atoms with Crippen molar-refractivity contribution in [2.45, 2.75) is 71.9 Å². The van der Waals surface area contributed by atoms with E-state index in [1.165, 1.54) is 0 Å².